The molecule has 2 atom stereocenters. The molecule has 0 saturated carbocycles. The van der Waals surface area contributed by atoms with Crippen LogP contribution in [0.2, 0.25) is 0 Å². The summed E-state index contributed by atoms with van der Waals surface area (Å²) in [5, 5.41) is 0. The molecule has 0 radical (unpaired) electrons. The molecule has 2 saturated heterocycles. The molecule has 2 unspecified atom stereocenters. The van der Waals surface area contributed by atoms with Crippen molar-refractivity contribution in [3.8, 4) is 0 Å². The van der Waals surface area contributed by atoms with Crippen molar-refractivity contribution in [2.75, 3.05) is 19.3 Å². The average molecular weight is 246 g/mol. The second-order valence-electron chi connectivity index (χ2n) is 6.04. The topological polar surface area (TPSA) is 40.6 Å². The number of fused-ring (bicyclic) bond motifs is 2. The smallest absolute Gasteiger partial charge is 0.211 e. The number of rotatable bonds is 1. The van der Waals surface area contributed by atoms with Crippen molar-refractivity contribution in [2.45, 2.75) is 51.2 Å². The van der Waals surface area contributed by atoms with Gasteiger partial charge in [0.2, 0.25) is 10.0 Å². The van der Waals surface area contributed by atoms with Crippen LogP contribution in [0.1, 0.15) is 33.6 Å². The van der Waals surface area contributed by atoms with Gasteiger partial charge in [-0.05, 0) is 33.6 Å². The third-order valence-electron chi connectivity index (χ3n) is 3.69. The van der Waals surface area contributed by atoms with E-state index in [1.54, 1.807) is 4.31 Å². The molecule has 94 valence electrons. The van der Waals surface area contributed by atoms with Gasteiger partial charge in [0.1, 0.15) is 0 Å². The van der Waals surface area contributed by atoms with Crippen LogP contribution in [-0.4, -0.2) is 54.6 Å². The predicted molar refractivity (Wildman–Crippen MR) is 64.8 cm³/mol. The van der Waals surface area contributed by atoms with Crippen LogP contribution < -0.4 is 0 Å². The van der Waals surface area contributed by atoms with Crippen LogP contribution in [0.4, 0.5) is 0 Å². The quantitative estimate of drug-likeness (QED) is 0.690. The fourth-order valence-electron chi connectivity index (χ4n) is 3.23. The van der Waals surface area contributed by atoms with E-state index in [0.717, 1.165) is 12.8 Å². The maximum atomic E-state index is 11.6. The minimum Gasteiger partial charge on any atom is -0.290 e. The van der Waals surface area contributed by atoms with Crippen molar-refractivity contribution >= 4 is 10.0 Å². The van der Waals surface area contributed by atoms with E-state index >= 15 is 0 Å². The molecule has 2 aliphatic rings. The van der Waals surface area contributed by atoms with Gasteiger partial charge in [-0.1, -0.05) is 0 Å². The largest absolute Gasteiger partial charge is 0.290 e. The highest BCUT2D eigenvalue weighted by Gasteiger charge is 2.46. The summed E-state index contributed by atoms with van der Waals surface area (Å²) >= 11 is 0. The summed E-state index contributed by atoms with van der Waals surface area (Å²) in [4.78, 5) is 2.51. The first-order chi connectivity index (χ1) is 7.19. The zero-order chi connectivity index (χ0) is 12.1. The van der Waals surface area contributed by atoms with Gasteiger partial charge in [-0.15, -0.1) is 0 Å². The first-order valence-electron chi connectivity index (χ1n) is 5.93. The lowest BCUT2D eigenvalue weighted by atomic mass is 10.0. The number of nitrogens with zero attached hydrogens (tertiary/aromatic N) is 2. The first-order valence-corrected chi connectivity index (χ1v) is 7.78. The molecule has 0 aromatic rings. The third kappa shape index (κ3) is 2.13. The summed E-state index contributed by atoms with van der Waals surface area (Å²) in [6, 6.07) is 0.821. The number of hydrogen-bond acceptors (Lipinski definition) is 3. The van der Waals surface area contributed by atoms with E-state index in [-0.39, 0.29) is 5.54 Å². The van der Waals surface area contributed by atoms with Crippen LogP contribution in [-0.2, 0) is 10.0 Å². The molecule has 0 amide bonds. The monoisotopic (exact) mass is 246 g/mol. The molecule has 0 aromatic heterocycles. The normalized spacial score (nSPS) is 33.2. The van der Waals surface area contributed by atoms with E-state index in [1.165, 1.54) is 6.26 Å². The third-order valence-corrected chi connectivity index (χ3v) is 4.93. The van der Waals surface area contributed by atoms with Gasteiger partial charge < -0.3 is 0 Å². The molecular formula is C11H22N2O2S. The van der Waals surface area contributed by atoms with Gasteiger partial charge in [0.05, 0.1) is 6.26 Å². The maximum Gasteiger partial charge on any atom is 0.211 e. The molecule has 2 aliphatic heterocycles. The van der Waals surface area contributed by atoms with Gasteiger partial charge in [-0.3, -0.25) is 4.90 Å². The number of piperazine rings is 1. The minimum absolute atomic E-state index is 0.148. The standard InChI is InChI=1S/C11H22N2O2S/c1-11(2,3)13-9-5-6-10(13)8-12(7-9)16(4,14)15/h9-10H,5-8H2,1-4H3. The van der Waals surface area contributed by atoms with E-state index in [4.69, 9.17) is 0 Å². The Kier molecular flexibility index (Phi) is 2.84. The molecule has 16 heavy (non-hydrogen) atoms. The summed E-state index contributed by atoms with van der Waals surface area (Å²) in [7, 11) is -3.01. The summed E-state index contributed by atoms with van der Waals surface area (Å²) in [6.45, 7) is 8.00. The number of hydrogen-bond donors (Lipinski definition) is 0. The van der Waals surface area contributed by atoms with Gasteiger partial charge in [-0.2, -0.15) is 4.31 Å². The van der Waals surface area contributed by atoms with Crippen LogP contribution in [0.3, 0.4) is 0 Å². The van der Waals surface area contributed by atoms with Crippen LogP contribution in [0.25, 0.3) is 0 Å². The van der Waals surface area contributed by atoms with Gasteiger partial charge in [0.25, 0.3) is 0 Å². The fraction of sp³-hybridized carbons (Fsp3) is 1.00. The Morgan fingerprint density at radius 3 is 1.81 bits per heavy atom. The molecule has 2 fully saturated rings. The zero-order valence-electron chi connectivity index (χ0n) is 10.6. The van der Waals surface area contributed by atoms with Crippen molar-refractivity contribution < 1.29 is 8.42 Å². The molecule has 0 aliphatic carbocycles. The highest BCUT2D eigenvalue weighted by Crippen LogP contribution is 2.36. The molecule has 4 nitrogen and oxygen atoms in total. The summed E-state index contributed by atoms with van der Waals surface area (Å²) in [5.74, 6) is 0. The lowest BCUT2D eigenvalue weighted by Gasteiger charge is -2.47. The molecule has 0 aromatic carbocycles. The Morgan fingerprint density at radius 2 is 1.50 bits per heavy atom. The summed E-state index contributed by atoms with van der Waals surface area (Å²) in [5.41, 5.74) is 0.148. The van der Waals surface area contributed by atoms with E-state index in [0.29, 0.717) is 25.2 Å². The van der Waals surface area contributed by atoms with Crippen LogP contribution >= 0.6 is 0 Å². The molecule has 2 heterocycles. The zero-order valence-corrected chi connectivity index (χ0v) is 11.4. The van der Waals surface area contributed by atoms with Crippen molar-refractivity contribution in [3.05, 3.63) is 0 Å². The predicted octanol–water partition coefficient (Wildman–Crippen LogP) is 0.893. The molecule has 2 rings (SSSR count). The highest BCUT2D eigenvalue weighted by molar-refractivity contribution is 7.88. The maximum absolute atomic E-state index is 11.6. The van der Waals surface area contributed by atoms with E-state index in [1.807, 2.05) is 0 Å². The Hall–Kier alpha value is -0.130. The second kappa shape index (κ2) is 3.68. The molecular weight excluding hydrogens is 224 g/mol. The molecule has 5 heteroatoms. The SMILES string of the molecule is CC(C)(C)N1C2CCC1CN(S(C)(=O)=O)C2. The average Bonchev–Trinajstić information content (AvgIpc) is 2.35. The van der Waals surface area contributed by atoms with E-state index in [2.05, 4.69) is 25.7 Å². The van der Waals surface area contributed by atoms with Gasteiger partial charge in [0.15, 0.2) is 0 Å². The summed E-state index contributed by atoms with van der Waals surface area (Å²) in [6.07, 6.45) is 3.58. The lowest BCUT2D eigenvalue weighted by molar-refractivity contribution is 0.0283. The van der Waals surface area contributed by atoms with Crippen LogP contribution in [0.5, 0.6) is 0 Å². The van der Waals surface area contributed by atoms with Crippen LogP contribution in [0.15, 0.2) is 0 Å². The van der Waals surface area contributed by atoms with Crippen LogP contribution in [0, 0.1) is 0 Å². The van der Waals surface area contributed by atoms with Crippen molar-refractivity contribution in [1.82, 2.24) is 9.21 Å². The van der Waals surface area contributed by atoms with Crippen molar-refractivity contribution in [2.24, 2.45) is 0 Å². The van der Waals surface area contributed by atoms with Gasteiger partial charge in [0, 0.05) is 30.7 Å². The van der Waals surface area contributed by atoms with E-state index in [9.17, 15) is 8.42 Å². The molecule has 0 spiro atoms. The van der Waals surface area contributed by atoms with Gasteiger partial charge >= 0.3 is 0 Å². The second-order valence-corrected chi connectivity index (χ2v) is 8.03. The Morgan fingerprint density at radius 1 is 1.06 bits per heavy atom. The highest BCUT2D eigenvalue weighted by atomic mass is 32.2. The van der Waals surface area contributed by atoms with Crippen molar-refractivity contribution in [3.63, 3.8) is 0 Å². The summed E-state index contributed by atoms with van der Waals surface area (Å²) < 4.78 is 24.8. The lowest BCUT2D eigenvalue weighted by Crippen LogP contribution is -2.60. The van der Waals surface area contributed by atoms with E-state index < -0.39 is 10.0 Å². The Balaban J connectivity index is 2.19. The minimum atomic E-state index is -3.01. The van der Waals surface area contributed by atoms with Gasteiger partial charge in [-0.25, -0.2) is 8.42 Å². The molecule has 0 N–H and O–H groups in total. The Labute approximate surface area is 98.7 Å². The van der Waals surface area contributed by atoms with Crippen molar-refractivity contribution in [1.29, 1.82) is 0 Å². The molecule has 2 bridgehead atoms. The Bertz CT molecular complexity index is 358. The first kappa shape index (κ1) is 12.3. The number of sulfonamides is 1. The fourth-order valence-corrected chi connectivity index (χ4v) is 4.12.